The number of hydrogen-bond acceptors (Lipinski definition) is 2. The van der Waals surface area contributed by atoms with E-state index in [2.05, 4.69) is 49.0 Å². The van der Waals surface area contributed by atoms with Crippen molar-refractivity contribution in [3.8, 4) is 0 Å². The second-order valence-corrected chi connectivity index (χ2v) is 5.36. The summed E-state index contributed by atoms with van der Waals surface area (Å²) in [5.74, 6) is 0.604. The van der Waals surface area contributed by atoms with Crippen LogP contribution >= 0.6 is 11.6 Å². The van der Waals surface area contributed by atoms with Crippen LogP contribution in [0.15, 0.2) is 18.2 Å². The normalized spacial score (nSPS) is 20.3. The quantitative estimate of drug-likeness (QED) is 0.764. The molecule has 2 rings (SSSR count). The highest BCUT2D eigenvalue weighted by molar-refractivity contribution is 6.17. The molecule has 1 aromatic rings. The average molecular weight is 253 g/mol. The first-order valence-electron chi connectivity index (χ1n) is 6.18. The number of rotatable bonds is 3. The van der Waals surface area contributed by atoms with E-state index in [0.29, 0.717) is 11.9 Å². The van der Waals surface area contributed by atoms with Gasteiger partial charge in [0.05, 0.1) is 0 Å². The lowest BCUT2D eigenvalue weighted by Crippen LogP contribution is -2.31. The third kappa shape index (κ3) is 2.75. The fourth-order valence-electron chi connectivity index (χ4n) is 2.42. The van der Waals surface area contributed by atoms with Crippen molar-refractivity contribution >= 4 is 17.3 Å². The Hall–Kier alpha value is -0.730. The molecule has 3 heteroatoms. The van der Waals surface area contributed by atoms with Crippen LogP contribution in [0.25, 0.3) is 0 Å². The highest BCUT2D eigenvalue weighted by Gasteiger charge is 2.24. The summed E-state index contributed by atoms with van der Waals surface area (Å²) >= 11 is 5.89. The number of hydrogen-bond donors (Lipinski definition) is 0. The van der Waals surface area contributed by atoms with Gasteiger partial charge in [-0.05, 0) is 50.7 Å². The Labute approximate surface area is 109 Å². The number of alkyl halides is 1. The molecule has 1 saturated heterocycles. The first-order valence-corrected chi connectivity index (χ1v) is 6.72. The van der Waals surface area contributed by atoms with E-state index in [0.717, 1.165) is 13.1 Å². The van der Waals surface area contributed by atoms with E-state index in [-0.39, 0.29) is 0 Å². The van der Waals surface area contributed by atoms with Gasteiger partial charge in [-0.3, -0.25) is 0 Å². The minimum Gasteiger partial charge on any atom is -0.370 e. The lowest BCUT2D eigenvalue weighted by molar-refractivity contribution is 0.315. The van der Waals surface area contributed by atoms with Crippen molar-refractivity contribution in [2.24, 2.45) is 0 Å². The standard InChI is InChI=1S/C14H21ClN2/c1-11-8-13(5-4-12(11)9-15)17-7-6-14(10-17)16(2)3/h4-5,8,14H,6-7,9-10H2,1-3H3. The summed E-state index contributed by atoms with van der Waals surface area (Å²) in [5, 5.41) is 0. The summed E-state index contributed by atoms with van der Waals surface area (Å²) < 4.78 is 0. The SMILES string of the molecule is Cc1cc(N2CCC(N(C)C)C2)ccc1CCl. The minimum atomic E-state index is 0.604. The Bertz CT molecular complexity index is 390. The number of anilines is 1. The van der Waals surface area contributed by atoms with Crippen LogP contribution in [-0.2, 0) is 5.88 Å². The van der Waals surface area contributed by atoms with Crippen LogP contribution in [0.5, 0.6) is 0 Å². The molecule has 0 aromatic heterocycles. The first kappa shape index (κ1) is 12.7. The van der Waals surface area contributed by atoms with Crippen molar-refractivity contribution in [3.05, 3.63) is 29.3 Å². The van der Waals surface area contributed by atoms with Crippen LogP contribution in [0.3, 0.4) is 0 Å². The summed E-state index contributed by atoms with van der Waals surface area (Å²) in [6.45, 7) is 4.43. The Balaban J connectivity index is 2.11. The molecular formula is C14H21ClN2. The second kappa shape index (κ2) is 5.28. The molecule has 1 aromatic carbocycles. The van der Waals surface area contributed by atoms with Gasteiger partial charge in [0.15, 0.2) is 0 Å². The van der Waals surface area contributed by atoms with E-state index in [1.807, 2.05) is 0 Å². The molecule has 1 unspecified atom stereocenters. The first-order chi connectivity index (χ1) is 8.11. The zero-order chi connectivity index (χ0) is 12.4. The number of halogens is 1. The van der Waals surface area contributed by atoms with Crippen molar-refractivity contribution in [2.45, 2.75) is 25.3 Å². The molecule has 1 aliphatic heterocycles. The Morgan fingerprint density at radius 1 is 1.41 bits per heavy atom. The molecule has 0 aliphatic carbocycles. The van der Waals surface area contributed by atoms with Crippen LogP contribution in [0.2, 0.25) is 0 Å². The summed E-state index contributed by atoms with van der Waals surface area (Å²) in [6.07, 6.45) is 1.25. The van der Waals surface area contributed by atoms with E-state index in [1.54, 1.807) is 0 Å². The number of benzene rings is 1. The number of nitrogens with zero attached hydrogens (tertiary/aromatic N) is 2. The van der Waals surface area contributed by atoms with Gasteiger partial charge in [0.25, 0.3) is 0 Å². The zero-order valence-electron chi connectivity index (χ0n) is 10.9. The number of likely N-dealkylation sites (N-methyl/N-ethyl adjacent to an activating group) is 1. The van der Waals surface area contributed by atoms with Gasteiger partial charge in [-0.1, -0.05) is 6.07 Å². The lowest BCUT2D eigenvalue weighted by atomic mass is 10.1. The maximum atomic E-state index is 5.89. The largest absolute Gasteiger partial charge is 0.370 e. The molecule has 0 bridgehead atoms. The molecule has 0 N–H and O–H groups in total. The second-order valence-electron chi connectivity index (χ2n) is 5.10. The fourth-order valence-corrected chi connectivity index (χ4v) is 2.72. The van der Waals surface area contributed by atoms with Gasteiger partial charge in [-0.25, -0.2) is 0 Å². The van der Waals surface area contributed by atoms with Crippen LogP contribution in [-0.4, -0.2) is 38.1 Å². The van der Waals surface area contributed by atoms with Crippen LogP contribution in [0, 0.1) is 6.92 Å². The van der Waals surface area contributed by atoms with Gasteiger partial charge in [-0.2, -0.15) is 0 Å². The summed E-state index contributed by atoms with van der Waals surface area (Å²) in [6, 6.07) is 7.29. The highest BCUT2D eigenvalue weighted by Crippen LogP contribution is 2.25. The predicted molar refractivity (Wildman–Crippen MR) is 75.0 cm³/mol. The van der Waals surface area contributed by atoms with Gasteiger partial charge >= 0.3 is 0 Å². The molecule has 1 heterocycles. The smallest absolute Gasteiger partial charge is 0.0476 e. The molecule has 1 atom stereocenters. The third-order valence-electron chi connectivity index (χ3n) is 3.73. The molecule has 0 amide bonds. The van der Waals surface area contributed by atoms with Crippen molar-refractivity contribution in [1.82, 2.24) is 4.90 Å². The Morgan fingerprint density at radius 3 is 2.71 bits per heavy atom. The molecular weight excluding hydrogens is 232 g/mol. The van der Waals surface area contributed by atoms with Crippen molar-refractivity contribution in [3.63, 3.8) is 0 Å². The molecule has 17 heavy (non-hydrogen) atoms. The van der Waals surface area contributed by atoms with Gasteiger partial charge in [0, 0.05) is 30.7 Å². The van der Waals surface area contributed by atoms with Gasteiger partial charge in [0.1, 0.15) is 0 Å². The van der Waals surface area contributed by atoms with Crippen molar-refractivity contribution < 1.29 is 0 Å². The van der Waals surface area contributed by atoms with Gasteiger partial charge < -0.3 is 9.80 Å². The van der Waals surface area contributed by atoms with Crippen LogP contribution < -0.4 is 4.90 Å². The van der Waals surface area contributed by atoms with E-state index in [4.69, 9.17) is 11.6 Å². The Morgan fingerprint density at radius 2 is 2.18 bits per heavy atom. The molecule has 1 aliphatic rings. The maximum absolute atomic E-state index is 5.89. The fraction of sp³-hybridized carbons (Fsp3) is 0.571. The number of aryl methyl sites for hydroxylation is 1. The zero-order valence-corrected chi connectivity index (χ0v) is 11.7. The third-order valence-corrected chi connectivity index (χ3v) is 4.02. The predicted octanol–water partition coefficient (Wildman–Crippen LogP) is 2.87. The molecule has 2 nitrogen and oxygen atoms in total. The monoisotopic (exact) mass is 252 g/mol. The minimum absolute atomic E-state index is 0.604. The van der Waals surface area contributed by atoms with Crippen molar-refractivity contribution in [2.75, 3.05) is 32.1 Å². The lowest BCUT2D eigenvalue weighted by Gasteiger charge is -2.22. The Kier molecular flexibility index (Phi) is 3.95. The highest BCUT2D eigenvalue weighted by atomic mass is 35.5. The van der Waals surface area contributed by atoms with E-state index in [1.165, 1.54) is 23.2 Å². The summed E-state index contributed by atoms with van der Waals surface area (Å²) in [4.78, 5) is 4.79. The van der Waals surface area contributed by atoms with E-state index in [9.17, 15) is 0 Å². The summed E-state index contributed by atoms with van der Waals surface area (Å²) in [5.41, 5.74) is 3.87. The molecule has 0 spiro atoms. The molecule has 0 saturated carbocycles. The van der Waals surface area contributed by atoms with Gasteiger partial charge in [-0.15, -0.1) is 11.6 Å². The van der Waals surface area contributed by atoms with E-state index < -0.39 is 0 Å². The molecule has 0 radical (unpaired) electrons. The maximum Gasteiger partial charge on any atom is 0.0476 e. The summed E-state index contributed by atoms with van der Waals surface area (Å²) in [7, 11) is 4.33. The van der Waals surface area contributed by atoms with Crippen molar-refractivity contribution in [1.29, 1.82) is 0 Å². The average Bonchev–Trinajstić information content (AvgIpc) is 2.78. The topological polar surface area (TPSA) is 6.48 Å². The van der Waals surface area contributed by atoms with E-state index >= 15 is 0 Å². The van der Waals surface area contributed by atoms with Crippen LogP contribution in [0.4, 0.5) is 5.69 Å². The van der Waals surface area contributed by atoms with Gasteiger partial charge in [0.2, 0.25) is 0 Å². The molecule has 94 valence electrons. The van der Waals surface area contributed by atoms with Crippen LogP contribution in [0.1, 0.15) is 17.5 Å². The molecule has 1 fully saturated rings.